The van der Waals surface area contributed by atoms with Gasteiger partial charge in [-0.1, -0.05) is 13.8 Å². The predicted octanol–water partition coefficient (Wildman–Crippen LogP) is 1.11. The van der Waals surface area contributed by atoms with Gasteiger partial charge in [-0.3, -0.25) is 4.79 Å². The van der Waals surface area contributed by atoms with Crippen molar-refractivity contribution in [2.45, 2.75) is 39.3 Å². The highest BCUT2D eigenvalue weighted by Crippen LogP contribution is 2.09. The van der Waals surface area contributed by atoms with Gasteiger partial charge in [-0.2, -0.15) is 0 Å². The summed E-state index contributed by atoms with van der Waals surface area (Å²) < 4.78 is 4.74. The maximum Gasteiger partial charge on any atom is 0.324 e. The van der Waals surface area contributed by atoms with E-state index in [1.165, 1.54) is 7.11 Å². The molecule has 2 unspecified atom stereocenters. The second-order valence-electron chi connectivity index (χ2n) is 4.78. The van der Waals surface area contributed by atoms with Gasteiger partial charge in [0.25, 0.3) is 0 Å². The molecular weight excluding hydrogens is 204 g/mol. The van der Waals surface area contributed by atoms with Crippen molar-refractivity contribution in [2.24, 2.45) is 5.92 Å². The molecule has 0 aliphatic rings. The van der Waals surface area contributed by atoms with Crippen LogP contribution in [-0.2, 0) is 9.53 Å². The number of rotatable bonds is 7. The van der Waals surface area contributed by atoms with Crippen LogP contribution in [-0.4, -0.2) is 50.7 Å². The molecule has 1 N–H and O–H groups in total. The zero-order valence-corrected chi connectivity index (χ0v) is 11.4. The molecule has 16 heavy (non-hydrogen) atoms. The fourth-order valence-corrected chi connectivity index (χ4v) is 1.76. The average molecular weight is 230 g/mol. The molecule has 0 rings (SSSR count). The van der Waals surface area contributed by atoms with Crippen LogP contribution < -0.4 is 5.32 Å². The standard InChI is InChI=1S/C12H26N2O2/c1-9(2)7-10(3)14(5)8-11(13-4)12(15)16-6/h9-11,13H,7-8H2,1-6H3. The zero-order valence-electron chi connectivity index (χ0n) is 11.4. The Morgan fingerprint density at radius 3 is 2.31 bits per heavy atom. The monoisotopic (exact) mass is 230 g/mol. The van der Waals surface area contributed by atoms with Crippen molar-refractivity contribution >= 4 is 5.97 Å². The number of methoxy groups -OCH3 is 1. The largest absolute Gasteiger partial charge is 0.468 e. The van der Waals surface area contributed by atoms with Crippen molar-refractivity contribution in [3.63, 3.8) is 0 Å². The highest BCUT2D eigenvalue weighted by Gasteiger charge is 2.21. The van der Waals surface area contributed by atoms with Crippen LogP contribution in [0.4, 0.5) is 0 Å². The number of carbonyl (C=O) groups excluding carboxylic acids is 1. The third kappa shape index (κ3) is 5.47. The van der Waals surface area contributed by atoms with Gasteiger partial charge < -0.3 is 15.0 Å². The molecule has 0 aromatic carbocycles. The molecule has 0 saturated heterocycles. The minimum Gasteiger partial charge on any atom is -0.468 e. The van der Waals surface area contributed by atoms with Crippen molar-refractivity contribution < 1.29 is 9.53 Å². The van der Waals surface area contributed by atoms with Gasteiger partial charge in [0.2, 0.25) is 0 Å². The number of esters is 1. The van der Waals surface area contributed by atoms with Crippen molar-refractivity contribution in [3.8, 4) is 0 Å². The van der Waals surface area contributed by atoms with Gasteiger partial charge in [-0.15, -0.1) is 0 Å². The Bertz CT molecular complexity index is 207. The summed E-state index contributed by atoms with van der Waals surface area (Å²) in [5, 5.41) is 2.98. The van der Waals surface area contributed by atoms with Crippen LogP contribution in [0.5, 0.6) is 0 Å². The summed E-state index contributed by atoms with van der Waals surface area (Å²) in [6.07, 6.45) is 1.13. The number of likely N-dealkylation sites (N-methyl/N-ethyl adjacent to an activating group) is 2. The van der Waals surface area contributed by atoms with Crippen LogP contribution in [0.25, 0.3) is 0 Å². The number of carbonyl (C=O) groups is 1. The SMILES string of the molecule is CNC(CN(C)C(C)CC(C)C)C(=O)OC. The predicted molar refractivity (Wildman–Crippen MR) is 66.4 cm³/mol. The van der Waals surface area contributed by atoms with Gasteiger partial charge in [-0.25, -0.2) is 0 Å². The summed E-state index contributed by atoms with van der Waals surface area (Å²) in [6, 6.07) is 0.227. The van der Waals surface area contributed by atoms with Crippen LogP contribution in [0.3, 0.4) is 0 Å². The molecule has 0 aliphatic heterocycles. The van der Waals surface area contributed by atoms with Gasteiger partial charge in [0.15, 0.2) is 0 Å². The molecule has 0 saturated carbocycles. The van der Waals surface area contributed by atoms with Crippen molar-refractivity contribution in [1.29, 1.82) is 0 Å². The smallest absolute Gasteiger partial charge is 0.324 e. The molecule has 0 radical (unpaired) electrons. The molecule has 0 aliphatic carbocycles. The molecule has 4 nitrogen and oxygen atoms in total. The topological polar surface area (TPSA) is 41.6 Å². The van der Waals surface area contributed by atoms with Gasteiger partial charge >= 0.3 is 5.97 Å². The molecule has 0 spiro atoms. The Balaban J connectivity index is 4.18. The van der Waals surface area contributed by atoms with Crippen LogP contribution in [0.15, 0.2) is 0 Å². The lowest BCUT2D eigenvalue weighted by Crippen LogP contribution is -2.46. The molecule has 0 amide bonds. The van der Waals surface area contributed by atoms with E-state index in [4.69, 9.17) is 4.74 Å². The quantitative estimate of drug-likeness (QED) is 0.665. The van der Waals surface area contributed by atoms with Crippen LogP contribution >= 0.6 is 0 Å². The second kappa shape index (κ2) is 7.63. The summed E-state index contributed by atoms with van der Waals surface area (Å²) in [4.78, 5) is 13.6. The first-order valence-corrected chi connectivity index (χ1v) is 5.87. The minimum absolute atomic E-state index is 0.203. The number of nitrogens with zero attached hydrogens (tertiary/aromatic N) is 1. The lowest BCUT2D eigenvalue weighted by atomic mass is 10.0. The molecule has 0 aromatic heterocycles. The maximum absolute atomic E-state index is 11.4. The van der Waals surface area contributed by atoms with Crippen molar-refractivity contribution in [2.75, 3.05) is 27.7 Å². The zero-order chi connectivity index (χ0) is 12.7. The van der Waals surface area contributed by atoms with Crippen molar-refractivity contribution in [3.05, 3.63) is 0 Å². The average Bonchev–Trinajstić information content (AvgIpc) is 2.23. The fourth-order valence-electron chi connectivity index (χ4n) is 1.76. The maximum atomic E-state index is 11.4. The van der Waals surface area contributed by atoms with E-state index in [1.807, 2.05) is 7.05 Å². The molecule has 4 heteroatoms. The van der Waals surface area contributed by atoms with Gasteiger partial charge in [0, 0.05) is 12.6 Å². The van der Waals surface area contributed by atoms with Gasteiger partial charge in [0.1, 0.15) is 6.04 Å². The van der Waals surface area contributed by atoms with E-state index < -0.39 is 0 Å². The molecular formula is C12H26N2O2. The fraction of sp³-hybridized carbons (Fsp3) is 0.917. The summed E-state index contributed by atoms with van der Waals surface area (Å²) in [5.41, 5.74) is 0. The lowest BCUT2D eigenvalue weighted by molar-refractivity contribution is -0.143. The third-order valence-electron chi connectivity index (χ3n) is 2.87. The molecule has 96 valence electrons. The highest BCUT2D eigenvalue weighted by atomic mass is 16.5. The molecule has 0 bridgehead atoms. The van der Waals surface area contributed by atoms with Crippen LogP contribution in [0.1, 0.15) is 27.2 Å². The number of hydrogen-bond donors (Lipinski definition) is 1. The summed E-state index contributed by atoms with van der Waals surface area (Å²) in [7, 11) is 5.24. The van der Waals surface area contributed by atoms with E-state index in [9.17, 15) is 4.79 Å². The Morgan fingerprint density at radius 2 is 1.94 bits per heavy atom. The second-order valence-corrected chi connectivity index (χ2v) is 4.78. The van der Waals surface area contributed by atoms with E-state index in [0.717, 1.165) is 6.42 Å². The minimum atomic E-state index is -0.246. The molecule has 2 atom stereocenters. The summed E-state index contributed by atoms with van der Waals surface area (Å²) >= 11 is 0. The first-order valence-electron chi connectivity index (χ1n) is 5.87. The van der Waals surface area contributed by atoms with E-state index in [-0.39, 0.29) is 12.0 Å². The van der Waals surface area contributed by atoms with E-state index in [2.05, 4.69) is 31.0 Å². The summed E-state index contributed by atoms with van der Waals surface area (Å²) in [5.74, 6) is 0.467. The first-order chi connectivity index (χ1) is 7.42. The highest BCUT2D eigenvalue weighted by molar-refractivity contribution is 5.75. The van der Waals surface area contributed by atoms with Gasteiger partial charge in [0.05, 0.1) is 7.11 Å². The Labute approximate surface area is 99.3 Å². The Hall–Kier alpha value is -0.610. The lowest BCUT2D eigenvalue weighted by Gasteiger charge is -2.28. The van der Waals surface area contributed by atoms with E-state index in [0.29, 0.717) is 18.5 Å². The third-order valence-corrected chi connectivity index (χ3v) is 2.87. The molecule has 0 aromatic rings. The first kappa shape index (κ1) is 15.4. The number of ether oxygens (including phenoxy) is 1. The molecule has 0 heterocycles. The number of hydrogen-bond acceptors (Lipinski definition) is 4. The normalized spacial score (nSPS) is 15.2. The molecule has 0 fully saturated rings. The van der Waals surface area contributed by atoms with Crippen molar-refractivity contribution in [1.82, 2.24) is 10.2 Å². The number of nitrogens with one attached hydrogen (secondary N) is 1. The van der Waals surface area contributed by atoms with E-state index >= 15 is 0 Å². The van der Waals surface area contributed by atoms with Gasteiger partial charge in [-0.05, 0) is 33.4 Å². The van der Waals surface area contributed by atoms with Crippen LogP contribution in [0.2, 0.25) is 0 Å². The van der Waals surface area contributed by atoms with E-state index in [1.54, 1.807) is 7.05 Å². The Kier molecular flexibility index (Phi) is 7.34. The van der Waals surface area contributed by atoms with Crippen LogP contribution in [0, 0.1) is 5.92 Å². The summed E-state index contributed by atoms with van der Waals surface area (Å²) in [6.45, 7) is 7.28. The Morgan fingerprint density at radius 1 is 1.38 bits per heavy atom.